The summed E-state index contributed by atoms with van der Waals surface area (Å²) in [5, 5.41) is 8.85. The van der Waals surface area contributed by atoms with E-state index in [0.29, 0.717) is 34.0 Å². The molecule has 0 aliphatic carbocycles. The summed E-state index contributed by atoms with van der Waals surface area (Å²) in [7, 11) is 0. The fourth-order valence-corrected chi connectivity index (χ4v) is 4.94. The van der Waals surface area contributed by atoms with Crippen molar-refractivity contribution in [3.05, 3.63) is 117 Å². The maximum absolute atomic E-state index is 13.6. The van der Waals surface area contributed by atoms with E-state index in [-0.39, 0.29) is 11.2 Å². The van der Waals surface area contributed by atoms with Crippen molar-refractivity contribution >= 4 is 33.3 Å². The lowest BCUT2D eigenvalue weighted by Gasteiger charge is -2.22. The summed E-state index contributed by atoms with van der Waals surface area (Å²) < 4.78 is 11.9. The molecular weight excluding hydrogens is 462 g/mol. The Morgan fingerprint density at radius 3 is 2.57 bits per heavy atom. The zero-order chi connectivity index (χ0) is 23.9. The van der Waals surface area contributed by atoms with Crippen LogP contribution in [0.5, 0.6) is 5.75 Å². The van der Waals surface area contributed by atoms with Crippen molar-refractivity contribution in [1.82, 2.24) is 10.2 Å². The van der Waals surface area contributed by atoms with Crippen LogP contribution in [0.4, 0.5) is 5.13 Å². The van der Waals surface area contributed by atoms with E-state index >= 15 is 0 Å². The summed E-state index contributed by atoms with van der Waals surface area (Å²) >= 11 is 1.23. The molecule has 3 heterocycles. The second kappa shape index (κ2) is 8.48. The molecule has 2 aromatic heterocycles. The molecule has 6 rings (SSSR count). The number of rotatable bonds is 5. The molecule has 1 aliphatic rings. The number of benzene rings is 3. The van der Waals surface area contributed by atoms with Gasteiger partial charge in [-0.05, 0) is 42.3 Å². The first kappa shape index (κ1) is 21.2. The van der Waals surface area contributed by atoms with Gasteiger partial charge in [-0.3, -0.25) is 14.5 Å². The number of aryl methyl sites for hydroxylation is 1. The van der Waals surface area contributed by atoms with E-state index in [4.69, 9.17) is 9.15 Å². The summed E-state index contributed by atoms with van der Waals surface area (Å²) in [6, 6.07) is 22.0. The van der Waals surface area contributed by atoms with Crippen molar-refractivity contribution in [1.29, 1.82) is 0 Å². The minimum absolute atomic E-state index is 0.0379. The monoisotopic (exact) mass is 481 g/mol. The summed E-state index contributed by atoms with van der Waals surface area (Å²) in [6.07, 6.45) is 0. The molecule has 3 aromatic carbocycles. The van der Waals surface area contributed by atoms with Gasteiger partial charge in [0.05, 0.1) is 17.0 Å². The topological polar surface area (TPSA) is 85.5 Å². The molecule has 1 amide bonds. The van der Waals surface area contributed by atoms with Crippen LogP contribution in [-0.2, 0) is 6.61 Å². The number of ether oxygens (including phenoxy) is 1. The molecule has 0 radical (unpaired) electrons. The number of amides is 1. The van der Waals surface area contributed by atoms with Gasteiger partial charge in [-0.1, -0.05) is 65.4 Å². The molecular formula is C27H19N3O4S. The van der Waals surface area contributed by atoms with Crippen molar-refractivity contribution in [3.8, 4) is 5.75 Å². The maximum atomic E-state index is 13.6. The van der Waals surface area contributed by atoms with E-state index in [1.807, 2.05) is 67.6 Å². The summed E-state index contributed by atoms with van der Waals surface area (Å²) in [5.41, 5.74) is 4.77. The number of fused-ring (bicyclic) bond motifs is 2. The normalized spacial score (nSPS) is 14.9. The fraction of sp³-hybridized carbons (Fsp3) is 0.111. The molecule has 0 saturated carbocycles. The van der Waals surface area contributed by atoms with E-state index in [9.17, 15) is 9.59 Å². The van der Waals surface area contributed by atoms with E-state index in [0.717, 1.165) is 16.7 Å². The molecule has 0 bridgehead atoms. The van der Waals surface area contributed by atoms with Gasteiger partial charge in [0.15, 0.2) is 5.43 Å². The van der Waals surface area contributed by atoms with Crippen LogP contribution in [0.15, 0.2) is 87.5 Å². The third kappa shape index (κ3) is 3.68. The van der Waals surface area contributed by atoms with Gasteiger partial charge in [0.25, 0.3) is 5.91 Å². The summed E-state index contributed by atoms with van der Waals surface area (Å²) in [4.78, 5) is 28.6. The molecule has 172 valence electrons. The van der Waals surface area contributed by atoms with Gasteiger partial charge in [0.2, 0.25) is 10.9 Å². The number of hydrogen-bond donors (Lipinski definition) is 0. The highest BCUT2D eigenvalue weighted by Crippen LogP contribution is 2.41. The first-order chi connectivity index (χ1) is 17.1. The smallest absolute Gasteiger partial charge is 0.297 e. The number of anilines is 1. The predicted octanol–water partition coefficient (Wildman–Crippen LogP) is 5.28. The minimum Gasteiger partial charge on any atom is -0.489 e. The van der Waals surface area contributed by atoms with Crippen LogP contribution in [0, 0.1) is 6.92 Å². The third-order valence-electron chi connectivity index (χ3n) is 6.02. The van der Waals surface area contributed by atoms with E-state index in [1.165, 1.54) is 16.2 Å². The SMILES string of the molecule is Cc1ccc2oc3c(c(=O)c2c1)C(c1ccc(OCc2ccccc2)cc1)N(c1nncs1)C3=O. The number of carbonyl (C=O) groups excluding carboxylic acids is 1. The van der Waals surface area contributed by atoms with Crippen LogP contribution in [0.25, 0.3) is 11.0 Å². The van der Waals surface area contributed by atoms with Crippen LogP contribution in [0.3, 0.4) is 0 Å². The Hall–Kier alpha value is -4.30. The Bertz CT molecular complexity index is 1600. The Balaban J connectivity index is 1.43. The number of aromatic nitrogens is 2. The Morgan fingerprint density at radius 2 is 1.83 bits per heavy atom. The first-order valence-corrected chi connectivity index (χ1v) is 11.9. The predicted molar refractivity (Wildman–Crippen MR) is 133 cm³/mol. The second-order valence-electron chi connectivity index (χ2n) is 8.32. The molecule has 0 N–H and O–H groups in total. The fourth-order valence-electron chi connectivity index (χ4n) is 4.36. The van der Waals surface area contributed by atoms with Crippen LogP contribution in [0.2, 0.25) is 0 Å². The number of nitrogens with zero attached hydrogens (tertiary/aromatic N) is 3. The number of hydrogen-bond acceptors (Lipinski definition) is 7. The quantitative estimate of drug-likeness (QED) is 0.339. The van der Waals surface area contributed by atoms with E-state index in [2.05, 4.69) is 10.2 Å². The lowest BCUT2D eigenvalue weighted by Crippen LogP contribution is -2.29. The largest absolute Gasteiger partial charge is 0.489 e. The molecule has 8 heteroatoms. The summed E-state index contributed by atoms with van der Waals surface area (Å²) in [6.45, 7) is 2.35. The Kier molecular flexibility index (Phi) is 5.15. The molecule has 1 atom stereocenters. The standard InChI is InChI=1S/C27H19N3O4S/c1-16-7-12-21-20(13-16)24(31)22-23(30(26(32)25(22)34-21)27-29-28-15-35-27)18-8-10-19(11-9-18)33-14-17-5-3-2-4-6-17/h2-13,15,23H,14H2,1H3. The molecule has 7 nitrogen and oxygen atoms in total. The third-order valence-corrected chi connectivity index (χ3v) is 6.71. The van der Waals surface area contributed by atoms with Crippen molar-refractivity contribution in [2.45, 2.75) is 19.6 Å². The van der Waals surface area contributed by atoms with Crippen molar-refractivity contribution in [2.24, 2.45) is 0 Å². The zero-order valence-corrected chi connectivity index (χ0v) is 19.5. The summed E-state index contributed by atoms with van der Waals surface area (Å²) in [5.74, 6) is 0.312. The highest BCUT2D eigenvalue weighted by atomic mass is 32.1. The maximum Gasteiger partial charge on any atom is 0.297 e. The molecule has 35 heavy (non-hydrogen) atoms. The lowest BCUT2D eigenvalue weighted by molar-refractivity contribution is 0.0970. The Morgan fingerprint density at radius 1 is 1.03 bits per heavy atom. The molecule has 0 saturated heterocycles. The van der Waals surface area contributed by atoms with Gasteiger partial charge < -0.3 is 9.15 Å². The van der Waals surface area contributed by atoms with Gasteiger partial charge in [0.1, 0.15) is 23.4 Å². The van der Waals surface area contributed by atoms with Crippen molar-refractivity contribution < 1.29 is 13.9 Å². The molecule has 0 spiro atoms. The molecule has 0 fully saturated rings. The van der Waals surface area contributed by atoms with Crippen molar-refractivity contribution in [3.63, 3.8) is 0 Å². The van der Waals surface area contributed by atoms with Crippen LogP contribution in [0.1, 0.15) is 38.9 Å². The first-order valence-electron chi connectivity index (χ1n) is 11.0. The zero-order valence-electron chi connectivity index (χ0n) is 18.7. The Labute approximate surface area is 204 Å². The second-order valence-corrected chi connectivity index (χ2v) is 9.13. The van der Waals surface area contributed by atoms with Gasteiger partial charge in [0, 0.05) is 0 Å². The van der Waals surface area contributed by atoms with Gasteiger partial charge in [-0.15, -0.1) is 10.2 Å². The van der Waals surface area contributed by atoms with Crippen LogP contribution in [-0.4, -0.2) is 16.1 Å². The highest BCUT2D eigenvalue weighted by Gasteiger charge is 2.45. The van der Waals surface area contributed by atoms with E-state index < -0.39 is 11.9 Å². The molecule has 1 unspecified atom stereocenters. The highest BCUT2D eigenvalue weighted by molar-refractivity contribution is 7.13. The molecule has 1 aliphatic heterocycles. The average molecular weight is 482 g/mol. The minimum atomic E-state index is -0.685. The van der Waals surface area contributed by atoms with Gasteiger partial charge >= 0.3 is 0 Å². The average Bonchev–Trinajstić information content (AvgIpc) is 3.51. The van der Waals surface area contributed by atoms with Crippen molar-refractivity contribution in [2.75, 3.05) is 4.90 Å². The van der Waals surface area contributed by atoms with Crippen LogP contribution < -0.4 is 15.1 Å². The van der Waals surface area contributed by atoms with Gasteiger partial charge in [-0.25, -0.2) is 0 Å². The molecule has 5 aromatic rings. The van der Waals surface area contributed by atoms with Gasteiger partial charge in [-0.2, -0.15) is 0 Å². The number of carbonyl (C=O) groups is 1. The lowest BCUT2D eigenvalue weighted by atomic mass is 9.98. The van der Waals surface area contributed by atoms with Crippen LogP contribution >= 0.6 is 11.3 Å². The van der Waals surface area contributed by atoms with E-state index in [1.54, 1.807) is 17.6 Å².